The Morgan fingerprint density at radius 2 is 1.12 bits per heavy atom. The zero-order chi connectivity index (χ0) is 10.5. The molecule has 0 fully saturated rings. The van der Waals surface area contributed by atoms with Gasteiger partial charge < -0.3 is 6.15 Å². The summed E-state index contributed by atoms with van der Waals surface area (Å²) in [4.78, 5) is 0. The topological polar surface area (TPSA) is 35.0 Å². The molecule has 0 aliphatic rings. The van der Waals surface area contributed by atoms with Gasteiger partial charge in [-0.15, -0.1) is 5.98 Å². The van der Waals surface area contributed by atoms with Gasteiger partial charge in [0.25, 0.3) is 0 Å². The molecule has 0 aliphatic carbocycles. The molecule has 0 bridgehead atoms. The van der Waals surface area contributed by atoms with Crippen molar-refractivity contribution in [2.75, 3.05) is 0 Å². The summed E-state index contributed by atoms with van der Waals surface area (Å²) in [6.07, 6.45) is 0. The maximum Gasteiger partial charge on any atom is 0.103 e. The van der Waals surface area contributed by atoms with Crippen LogP contribution in [0.1, 0.15) is 11.1 Å². The van der Waals surface area contributed by atoms with Gasteiger partial charge in [0.1, 0.15) is 7.85 Å². The van der Waals surface area contributed by atoms with E-state index in [1.165, 1.54) is 0 Å². The second kappa shape index (κ2) is 5.94. The summed E-state index contributed by atoms with van der Waals surface area (Å²) in [6, 6.07) is 20.3. The molecule has 2 aromatic carbocycles. The lowest BCUT2D eigenvalue weighted by Gasteiger charge is -2.07. The van der Waals surface area contributed by atoms with E-state index < -0.39 is 0 Å². The van der Waals surface area contributed by atoms with E-state index >= 15 is 0 Å². The highest BCUT2D eigenvalue weighted by Crippen LogP contribution is 2.21. The number of hydrogen-bond acceptors (Lipinski definition) is 1. The summed E-state index contributed by atoms with van der Waals surface area (Å²) in [6.45, 7) is 0. The summed E-state index contributed by atoms with van der Waals surface area (Å²) in [5.74, 6) is 1.66. The van der Waals surface area contributed by atoms with Crippen LogP contribution in [0.2, 0.25) is 0 Å². The number of benzene rings is 2. The van der Waals surface area contributed by atoms with E-state index in [-0.39, 0.29) is 6.15 Å². The molecule has 78 valence electrons. The Kier molecular flexibility index (Phi) is 4.55. The minimum atomic E-state index is 0. The van der Waals surface area contributed by atoms with E-state index in [1.807, 2.05) is 36.4 Å². The quantitative estimate of drug-likeness (QED) is 0.752. The standard InChI is InChI=1S/C14H11B.H3N/c15-11-14(12-7-3-1-4-8-12)13-9-5-2-6-10-13;/h1-11H;1H3. The van der Waals surface area contributed by atoms with Gasteiger partial charge in [-0.2, -0.15) is 0 Å². The van der Waals surface area contributed by atoms with Crippen molar-refractivity contribution >= 4 is 13.4 Å². The van der Waals surface area contributed by atoms with E-state index in [9.17, 15) is 0 Å². The van der Waals surface area contributed by atoms with Crippen molar-refractivity contribution in [3.63, 3.8) is 0 Å². The van der Waals surface area contributed by atoms with Crippen molar-refractivity contribution in [1.82, 2.24) is 6.15 Å². The van der Waals surface area contributed by atoms with Crippen molar-refractivity contribution in [3.8, 4) is 0 Å². The molecule has 0 unspecified atom stereocenters. The number of hydrogen-bond donors (Lipinski definition) is 1. The van der Waals surface area contributed by atoms with Crippen molar-refractivity contribution in [1.29, 1.82) is 0 Å². The predicted octanol–water partition coefficient (Wildman–Crippen LogP) is 3.41. The molecule has 0 aromatic heterocycles. The molecule has 2 radical (unpaired) electrons. The second-order valence-electron chi connectivity index (χ2n) is 3.31. The molecule has 0 atom stereocenters. The fraction of sp³-hybridized carbons (Fsp3) is 0. The summed E-state index contributed by atoms with van der Waals surface area (Å²) in [7, 11) is 5.67. The van der Waals surface area contributed by atoms with Crippen LogP contribution in [0.5, 0.6) is 0 Å². The van der Waals surface area contributed by atoms with Crippen LogP contribution in [0.4, 0.5) is 0 Å². The van der Waals surface area contributed by atoms with Gasteiger partial charge in [-0.05, 0) is 16.7 Å². The van der Waals surface area contributed by atoms with E-state index in [1.54, 1.807) is 5.98 Å². The molecule has 16 heavy (non-hydrogen) atoms. The Balaban J connectivity index is 0.00000128. The molecule has 0 spiro atoms. The SMILES string of the molecule is N.[B]C=C(c1ccccc1)c1ccccc1. The molecular formula is C14H14BN. The Hall–Kier alpha value is -1.80. The summed E-state index contributed by atoms with van der Waals surface area (Å²) < 4.78 is 0. The lowest BCUT2D eigenvalue weighted by Crippen LogP contribution is -1.87. The van der Waals surface area contributed by atoms with Crippen LogP contribution in [-0.4, -0.2) is 7.85 Å². The van der Waals surface area contributed by atoms with E-state index in [2.05, 4.69) is 24.3 Å². The van der Waals surface area contributed by atoms with Crippen LogP contribution >= 0.6 is 0 Å². The molecule has 2 rings (SSSR count). The second-order valence-corrected chi connectivity index (χ2v) is 3.31. The molecule has 0 saturated carbocycles. The largest absolute Gasteiger partial charge is 0.344 e. The van der Waals surface area contributed by atoms with Gasteiger partial charge in [-0.1, -0.05) is 60.7 Å². The van der Waals surface area contributed by atoms with Crippen LogP contribution in [0, 0.1) is 0 Å². The third-order valence-corrected chi connectivity index (χ3v) is 2.34. The first kappa shape index (κ1) is 12.3. The lowest BCUT2D eigenvalue weighted by molar-refractivity contribution is 1.55. The summed E-state index contributed by atoms with van der Waals surface area (Å²) >= 11 is 0. The predicted molar refractivity (Wildman–Crippen MR) is 70.7 cm³/mol. The molecular weight excluding hydrogens is 193 g/mol. The first-order valence-corrected chi connectivity index (χ1v) is 4.94. The van der Waals surface area contributed by atoms with Crippen LogP contribution in [0.3, 0.4) is 0 Å². The molecule has 2 aromatic rings. The van der Waals surface area contributed by atoms with Crippen molar-refractivity contribution in [2.45, 2.75) is 0 Å². The molecule has 1 nitrogen and oxygen atoms in total. The van der Waals surface area contributed by atoms with Crippen LogP contribution in [0.25, 0.3) is 5.57 Å². The molecule has 3 N–H and O–H groups in total. The van der Waals surface area contributed by atoms with E-state index in [0.29, 0.717) is 0 Å². The highest BCUT2D eigenvalue weighted by Gasteiger charge is 2.00. The van der Waals surface area contributed by atoms with E-state index in [0.717, 1.165) is 16.7 Å². The normalized spacial score (nSPS) is 9.00. The molecule has 0 amide bonds. The minimum absolute atomic E-state index is 0. The fourth-order valence-corrected chi connectivity index (χ4v) is 1.59. The summed E-state index contributed by atoms with van der Waals surface area (Å²) in [5.41, 5.74) is 3.36. The van der Waals surface area contributed by atoms with Gasteiger partial charge >= 0.3 is 0 Å². The average Bonchev–Trinajstić information content (AvgIpc) is 2.33. The van der Waals surface area contributed by atoms with Gasteiger partial charge in [0.15, 0.2) is 0 Å². The minimum Gasteiger partial charge on any atom is -0.344 e. The molecule has 0 heterocycles. The number of rotatable bonds is 2. The first-order chi connectivity index (χ1) is 7.42. The van der Waals surface area contributed by atoms with Crippen LogP contribution in [0.15, 0.2) is 66.6 Å². The van der Waals surface area contributed by atoms with E-state index in [4.69, 9.17) is 7.85 Å². The van der Waals surface area contributed by atoms with Crippen LogP contribution < -0.4 is 6.15 Å². The van der Waals surface area contributed by atoms with Crippen molar-refractivity contribution in [2.24, 2.45) is 0 Å². The van der Waals surface area contributed by atoms with Gasteiger partial charge in [-0.3, -0.25) is 0 Å². The van der Waals surface area contributed by atoms with Crippen molar-refractivity contribution in [3.05, 3.63) is 77.8 Å². The fourth-order valence-electron chi connectivity index (χ4n) is 1.59. The lowest BCUT2D eigenvalue weighted by atomic mass is 9.92. The Morgan fingerprint density at radius 3 is 1.44 bits per heavy atom. The Labute approximate surface area is 97.8 Å². The maximum atomic E-state index is 5.67. The van der Waals surface area contributed by atoms with Crippen LogP contribution in [-0.2, 0) is 0 Å². The zero-order valence-corrected chi connectivity index (χ0v) is 9.14. The zero-order valence-electron chi connectivity index (χ0n) is 9.14. The smallest absolute Gasteiger partial charge is 0.103 e. The Bertz CT molecular complexity index is 407. The average molecular weight is 207 g/mol. The third-order valence-electron chi connectivity index (χ3n) is 2.34. The van der Waals surface area contributed by atoms with Gasteiger partial charge in [0.05, 0.1) is 0 Å². The highest BCUT2D eigenvalue weighted by molar-refractivity contribution is 6.21. The Morgan fingerprint density at radius 1 is 0.750 bits per heavy atom. The maximum absolute atomic E-state index is 5.67. The third kappa shape index (κ3) is 2.62. The molecule has 0 aliphatic heterocycles. The molecule has 0 saturated heterocycles. The first-order valence-electron chi connectivity index (χ1n) is 4.94. The van der Waals surface area contributed by atoms with Gasteiger partial charge in [0, 0.05) is 0 Å². The summed E-state index contributed by atoms with van der Waals surface area (Å²) in [5, 5.41) is 0. The van der Waals surface area contributed by atoms with Gasteiger partial charge in [-0.25, -0.2) is 0 Å². The van der Waals surface area contributed by atoms with Gasteiger partial charge in [0.2, 0.25) is 0 Å². The van der Waals surface area contributed by atoms with Crippen molar-refractivity contribution < 1.29 is 0 Å². The monoisotopic (exact) mass is 207 g/mol. The molecule has 2 heteroatoms. The highest BCUT2D eigenvalue weighted by atomic mass is 14.0.